The van der Waals surface area contributed by atoms with Crippen molar-refractivity contribution in [3.8, 4) is 0 Å². The highest BCUT2D eigenvalue weighted by atomic mass is 127. The lowest BCUT2D eigenvalue weighted by Gasteiger charge is -2.34. The lowest BCUT2D eigenvalue weighted by atomic mass is 10.1. The molecule has 0 bridgehead atoms. The Kier molecular flexibility index (Phi) is 10.6. The molecule has 3 rings (SSSR count). The van der Waals surface area contributed by atoms with Crippen LogP contribution >= 0.6 is 24.0 Å². The van der Waals surface area contributed by atoms with Crippen LogP contribution in [-0.2, 0) is 13.1 Å². The summed E-state index contributed by atoms with van der Waals surface area (Å²) in [5, 5.41) is 6.88. The summed E-state index contributed by atoms with van der Waals surface area (Å²) in [6.45, 7) is 12.1. The number of nitrogens with zero attached hydrogens (tertiary/aromatic N) is 3. The topological polar surface area (TPSA) is 42.9 Å². The molecule has 0 aliphatic carbocycles. The van der Waals surface area contributed by atoms with E-state index in [9.17, 15) is 0 Å². The van der Waals surface area contributed by atoms with Crippen LogP contribution in [0.15, 0.2) is 59.6 Å². The molecule has 2 aromatic carbocycles. The minimum Gasteiger partial charge on any atom is -0.352 e. The van der Waals surface area contributed by atoms with Crippen molar-refractivity contribution < 1.29 is 0 Å². The maximum atomic E-state index is 4.36. The normalized spacial score (nSPS) is 16.6. The zero-order chi connectivity index (χ0) is 20.5. The van der Waals surface area contributed by atoms with E-state index < -0.39 is 0 Å². The van der Waals surface area contributed by atoms with Gasteiger partial charge in [-0.1, -0.05) is 61.5 Å². The second kappa shape index (κ2) is 12.9. The van der Waals surface area contributed by atoms with E-state index in [1.165, 1.54) is 42.9 Å². The second-order valence-corrected chi connectivity index (χ2v) is 7.73. The molecule has 0 radical (unpaired) electrons. The standard InChI is InChI=1S/C24H35N5.HI/c1-4-28-14-16-29(17-15-28)19-22-12-10-21(11-13-22)18-26-24(25-3)27-20(2)23-8-6-5-7-9-23;/h5-13,20H,4,14-19H2,1-3H3,(H2,25,26,27);1H. The number of nitrogens with one attached hydrogen (secondary N) is 2. The van der Waals surface area contributed by atoms with Gasteiger partial charge in [0.15, 0.2) is 5.96 Å². The van der Waals surface area contributed by atoms with Crippen molar-refractivity contribution in [2.45, 2.75) is 33.0 Å². The van der Waals surface area contributed by atoms with Crippen molar-refractivity contribution in [1.29, 1.82) is 0 Å². The van der Waals surface area contributed by atoms with Gasteiger partial charge in [0.05, 0.1) is 6.04 Å². The Labute approximate surface area is 199 Å². The molecule has 164 valence electrons. The molecule has 1 saturated heterocycles. The quantitative estimate of drug-likeness (QED) is 0.330. The predicted molar refractivity (Wildman–Crippen MR) is 137 cm³/mol. The Balaban J connectivity index is 0.00000320. The summed E-state index contributed by atoms with van der Waals surface area (Å²) >= 11 is 0. The molecule has 0 aromatic heterocycles. The number of guanidine groups is 1. The minimum atomic E-state index is 0. The zero-order valence-electron chi connectivity index (χ0n) is 18.5. The van der Waals surface area contributed by atoms with Gasteiger partial charge in [0, 0.05) is 46.3 Å². The molecule has 5 nitrogen and oxygen atoms in total. The highest BCUT2D eigenvalue weighted by Crippen LogP contribution is 2.12. The van der Waals surface area contributed by atoms with Crippen LogP contribution in [0.4, 0.5) is 0 Å². The number of benzene rings is 2. The third-order valence-corrected chi connectivity index (χ3v) is 5.68. The van der Waals surface area contributed by atoms with Gasteiger partial charge in [0.2, 0.25) is 0 Å². The second-order valence-electron chi connectivity index (χ2n) is 7.73. The molecule has 30 heavy (non-hydrogen) atoms. The van der Waals surface area contributed by atoms with Gasteiger partial charge in [-0.05, 0) is 30.2 Å². The maximum absolute atomic E-state index is 4.36. The molecular weight excluding hydrogens is 485 g/mol. The number of likely N-dealkylation sites (N-methyl/N-ethyl adjacent to an activating group) is 1. The molecule has 2 N–H and O–H groups in total. The number of halogens is 1. The van der Waals surface area contributed by atoms with Gasteiger partial charge >= 0.3 is 0 Å². The molecule has 1 aliphatic heterocycles. The molecule has 1 fully saturated rings. The highest BCUT2D eigenvalue weighted by Gasteiger charge is 2.15. The van der Waals surface area contributed by atoms with Crippen molar-refractivity contribution in [2.75, 3.05) is 39.8 Å². The van der Waals surface area contributed by atoms with Crippen LogP contribution < -0.4 is 10.6 Å². The Morgan fingerprint density at radius 1 is 0.933 bits per heavy atom. The van der Waals surface area contributed by atoms with Gasteiger partial charge in [0.1, 0.15) is 0 Å². The summed E-state index contributed by atoms with van der Waals surface area (Å²) in [6, 6.07) is 19.6. The molecule has 6 heteroatoms. The molecule has 1 heterocycles. The maximum Gasteiger partial charge on any atom is 0.191 e. The summed E-state index contributed by atoms with van der Waals surface area (Å²) in [4.78, 5) is 9.43. The SMILES string of the molecule is CCN1CCN(Cc2ccc(CNC(=NC)NC(C)c3ccccc3)cc2)CC1.I. The molecule has 1 aliphatic rings. The minimum absolute atomic E-state index is 0. The molecule has 0 amide bonds. The smallest absolute Gasteiger partial charge is 0.191 e. The van der Waals surface area contributed by atoms with E-state index in [1.54, 1.807) is 0 Å². The first-order valence-corrected chi connectivity index (χ1v) is 10.7. The van der Waals surface area contributed by atoms with Gasteiger partial charge < -0.3 is 15.5 Å². The van der Waals surface area contributed by atoms with Gasteiger partial charge in [-0.25, -0.2) is 0 Å². The van der Waals surface area contributed by atoms with E-state index in [1.807, 2.05) is 13.1 Å². The molecular formula is C24H36IN5. The first-order chi connectivity index (χ1) is 14.2. The van der Waals surface area contributed by atoms with E-state index in [-0.39, 0.29) is 30.0 Å². The van der Waals surface area contributed by atoms with E-state index in [0.717, 1.165) is 25.6 Å². The monoisotopic (exact) mass is 521 g/mol. The van der Waals surface area contributed by atoms with Crippen LogP contribution in [0.25, 0.3) is 0 Å². The first kappa shape index (κ1) is 24.6. The Morgan fingerprint density at radius 3 is 2.13 bits per heavy atom. The third-order valence-electron chi connectivity index (χ3n) is 5.68. The largest absolute Gasteiger partial charge is 0.352 e. The van der Waals surface area contributed by atoms with Gasteiger partial charge in [-0.3, -0.25) is 9.89 Å². The van der Waals surface area contributed by atoms with E-state index in [2.05, 4.69) is 87.8 Å². The summed E-state index contributed by atoms with van der Waals surface area (Å²) in [5.41, 5.74) is 3.90. The third kappa shape index (κ3) is 7.56. The van der Waals surface area contributed by atoms with E-state index in [0.29, 0.717) is 0 Å². The van der Waals surface area contributed by atoms with Crippen LogP contribution in [0.2, 0.25) is 0 Å². The van der Waals surface area contributed by atoms with Crippen LogP contribution in [-0.4, -0.2) is 55.5 Å². The first-order valence-electron chi connectivity index (χ1n) is 10.7. The van der Waals surface area contributed by atoms with Crippen molar-refractivity contribution in [1.82, 2.24) is 20.4 Å². The number of piperazine rings is 1. The summed E-state index contributed by atoms with van der Waals surface area (Å²) in [6.07, 6.45) is 0. The number of hydrogen-bond donors (Lipinski definition) is 2. The van der Waals surface area contributed by atoms with Crippen LogP contribution in [0.3, 0.4) is 0 Å². The Hall–Kier alpha value is -1.64. The van der Waals surface area contributed by atoms with Crippen LogP contribution in [0.1, 0.15) is 36.6 Å². The van der Waals surface area contributed by atoms with Crippen molar-refractivity contribution in [3.05, 3.63) is 71.3 Å². The Bertz CT molecular complexity index is 755. The number of aliphatic imine (C=N–C) groups is 1. The average Bonchev–Trinajstić information content (AvgIpc) is 2.78. The van der Waals surface area contributed by atoms with Crippen molar-refractivity contribution in [3.63, 3.8) is 0 Å². The van der Waals surface area contributed by atoms with E-state index >= 15 is 0 Å². The fourth-order valence-corrected chi connectivity index (χ4v) is 3.69. The lowest BCUT2D eigenvalue weighted by Crippen LogP contribution is -2.45. The average molecular weight is 521 g/mol. The number of hydrogen-bond acceptors (Lipinski definition) is 3. The Morgan fingerprint density at radius 2 is 1.53 bits per heavy atom. The lowest BCUT2D eigenvalue weighted by molar-refractivity contribution is 0.132. The van der Waals surface area contributed by atoms with Crippen molar-refractivity contribution in [2.24, 2.45) is 4.99 Å². The van der Waals surface area contributed by atoms with Gasteiger partial charge in [0.25, 0.3) is 0 Å². The van der Waals surface area contributed by atoms with Crippen LogP contribution in [0, 0.1) is 0 Å². The van der Waals surface area contributed by atoms with Crippen molar-refractivity contribution >= 4 is 29.9 Å². The summed E-state index contributed by atoms with van der Waals surface area (Å²) in [5.74, 6) is 0.819. The molecule has 1 unspecified atom stereocenters. The predicted octanol–water partition coefficient (Wildman–Crippen LogP) is 3.87. The fourth-order valence-electron chi connectivity index (χ4n) is 3.69. The van der Waals surface area contributed by atoms with Crippen LogP contribution in [0.5, 0.6) is 0 Å². The number of rotatable bonds is 7. The molecule has 0 saturated carbocycles. The van der Waals surface area contributed by atoms with E-state index in [4.69, 9.17) is 0 Å². The summed E-state index contributed by atoms with van der Waals surface area (Å²) < 4.78 is 0. The van der Waals surface area contributed by atoms with Gasteiger partial charge in [-0.2, -0.15) is 0 Å². The highest BCUT2D eigenvalue weighted by molar-refractivity contribution is 14.0. The molecule has 0 spiro atoms. The summed E-state index contributed by atoms with van der Waals surface area (Å²) in [7, 11) is 1.81. The molecule has 1 atom stereocenters. The van der Waals surface area contributed by atoms with Gasteiger partial charge in [-0.15, -0.1) is 24.0 Å². The zero-order valence-corrected chi connectivity index (χ0v) is 20.8. The fraction of sp³-hybridized carbons (Fsp3) is 0.458. The molecule has 2 aromatic rings.